The first kappa shape index (κ1) is 17.8. The molecule has 2 amide bonds. The number of phenols is 1. The number of hydrogen-bond donors (Lipinski definition) is 2. The predicted molar refractivity (Wildman–Crippen MR) is 99.8 cm³/mol. The molecule has 0 radical (unpaired) electrons. The Labute approximate surface area is 152 Å². The van der Waals surface area contributed by atoms with E-state index in [1.165, 1.54) is 12.1 Å². The smallest absolute Gasteiger partial charge is 0.254 e. The summed E-state index contributed by atoms with van der Waals surface area (Å²) in [4.78, 5) is 28.4. The number of carbonyl (C=O) groups is 2. The molecule has 3 N–H and O–H groups in total. The van der Waals surface area contributed by atoms with Gasteiger partial charge in [-0.25, -0.2) is 0 Å². The number of carbonyl (C=O) groups excluding carboxylic acids is 2. The first-order chi connectivity index (χ1) is 12.5. The van der Waals surface area contributed by atoms with Crippen LogP contribution in [0.2, 0.25) is 0 Å². The number of phenolic OH excluding ortho intramolecular Hbond substituents is 1. The van der Waals surface area contributed by atoms with Crippen LogP contribution in [0.4, 0.5) is 5.69 Å². The lowest BCUT2D eigenvalue weighted by Crippen LogP contribution is -2.50. The van der Waals surface area contributed by atoms with Crippen molar-refractivity contribution < 1.29 is 14.7 Å². The van der Waals surface area contributed by atoms with Crippen LogP contribution in [0.3, 0.4) is 0 Å². The summed E-state index contributed by atoms with van der Waals surface area (Å²) in [6.07, 6.45) is 1.03. The van der Waals surface area contributed by atoms with Crippen LogP contribution >= 0.6 is 0 Å². The van der Waals surface area contributed by atoms with E-state index < -0.39 is 0 Å². The monoisotopic (exact) mass is 353 g/mol. The van der Waals surface area contributed by atoms with E-state index in [1.54, 1.807) is 21.9 Å². The van der Waals surface area contributed by atoms with Crippen LogP contribution in [0, 0.1) is 0 Å². The first-order valence-corrected chi connectivity index (χ1v) is 8.74. The summed E-state index contributed by atoms with van der Waals surface area (Å²) in [5, 5.41) is 9.52. The van der Waals surface area contributed by atoms with Crippen molar-refractivity contribution in [1.82, 2.24) is 9.80 Å². The molecule has 2 aromatic rings. The molecule has 0 spiro atoms. The van der Waals surface area contributed by atoms with Gasteiger partial charge in [-0.05, 0) is 36.2 Å². The summed E-state index contributed by atoms with van der Waals surface area (Å²) >= 11 is 0. The SMILES string of the molecule is Nc1ccccc1CCC(=O)N1CCN(C(=O)c2cccc(O)c2)CC1. The number of aromatic hydroxyl groups is 1. The third-order valence-electron chi connectivity index (χ3n) is 4.68. The maximum Gasteiger partial charge on any atom is 0.254 e. The average molecular weight is 353 g/mol. The Kier molecular flexibility index (Phi) is 5.41. The second-order valence-electron chi connectivity index (χ2n) is 6.42. The van der Waals surface area contributed by atoms with Gasteiger partial charge in [0.05, 0.1) is 0 Å². The summed E-state index contributed by atoms with van der Waals surface area (Å²) in [6.45, 7) is 2.03. The van der Waals surface area contributed by atoms with E-state index >= 15 is 0 Å². The number of benzene rings is 2. The Morgan fingerprint density at radius 2 is 1.65 bits per heavy atom. The van der Waals surface area contributed by atoms with E-state index in [1.807, 2.05) is 24.3 Å². The third-order valence-corrected chi connectivity index (χ3v) is 4.68. The van der Waals surface area contributed by atoms with Crippen LogP contribution in [0.15, 0.2) is 48.5 Å². The van der Waals surface area contributed by atoms with Crippen LogP contribution in [0.5, 0.6) is 5.75 Å². The molecule has 0 saturated carbocycles. The summed E-state index contributed by atoms with van der Waals surface area (Å²) in [7, 11) is 0. The lowest BCUT2D eigenvalue weighted by molar-refractivity contribution is -0.132. The van der Waals surface area contributed by atoms with Gasteiger partial charge in [0.1, 0.15) is 5.75 Å². The van der Waals surface area contributed by atoms with Gasteiger partial charge in [-0.2, -0.15) is 0 Å². The zero-order valence-corrected chi connectivity index (χ0v) is 14.6. The zero-order chi connectivity index (χ0) is 18.5. The zero-order valence-electron chi connectivity index (χ0n) is 14.6. The number of nitrogens with two attached hydrogens (primary N) is 1. The van der Waals surface area contributed by atoms with Gasteiger partial charge in [0, 0.05) is 43.9 Å². The lowest BCUT2D eigenvalue weighted by atomic mass is 10.1. The molecule has 136 valence electrons. The molecule has 0 aliphatic carbocycles. The van der Waals surface area contributed by atoms with Crippen molar-refractivity contribution >= 4 is 17.5 Å². The number of amides is 2. The van der Waals surface area contributed by atoms with E-state index in [2.05, 4.69) is 0 Å². The Balaban J connectivity index is 1.51. The Morgan fingerprint density at radius 3 is 2.35 bits per heavy atom. The van der Waals surface area contributed by atoms with Crippen LogP contribution in [-0.2, 0) is 11.2 Å². The van der Waals surface area contributed by atoms with Crippen molar-refractivity contribution in [2.75, 3.05) is 31.9 Å². The molecule has 0 unspecified atom stereocenters. The molecule has 0 atom stereocenters. The Bertz CT molecular complexity index is 798. The minimum Gasteiger partial charge on any atom is -0.508 e. The number of hydrogen-bond acceptors (Lipinski definition) is 4. The fourth-order valence-corrected chi connectivity index (χ4v) is 3.14. The highest BCUT2D eigenvalue weighted by Gasteiger charge is 2.24. The minimum absolute atomic E-state index is 0.0739. The first-order valence-electron chi connectivity index (χ1n) is 8.74. The van der Waals surface area contributed by atoms with Gasteiger partial charge in [0.2, 0.25) is 5.91 Å². The Morgan fingerprint density at radius 1 is 0.962 bits per heavy atom. The fraction of sp³-hybridized carbons (Fsp3) is 0.300. The van der Waals surface area contributed by atoms with Crippen molar-refractivity contribution in [2.24, 2.45) is 0 Å². The number of para-hydroxylation sites is 1. The van der Waals surface area contributed by atoms with Gasteiger partial charge in [-0.1, -0.05) is 24.3 Å². The molecule has 1 aliphatic heterocycles. The van der Waals surface area contributed by atoms with Crippen molar-refractivity contribution in [2.45, 2.75) is 12.8 Å². The second kappa shape index (κ2) is 7.91. The highest BCUT2D eigenvalue weighted by Crippen LogP contribution is 2.16. The van der Waals surface area contributed by atoms with Crippen molar-refractivity contribution in [1.29, 1.82) is 0 Å². The number of aryl methyl sites for hydroxylation is 1. The van der Waals surface area contributed by atoms with Gasteiger partial charge in [0.15, 0.2) is 0 Å². The summed E-state index contributed by atoms with van der Waals surface area (Å²) in [6, 6.07) is 13.9. The molecule has 6 heteroatoms. The second-order valence-corrected chi connectivity index (χ2v) is 6.42. The highest BCUT2D eigenvalue weighted by molar-refractivity contribution is 5.94. The normalized spacial score (nSPS) is 14.3. The average Bonchev–Trinajstić information content (AvgIpc) is 2.66. The third kappa shape index (κ3) is 4.14. The quantitative estimate of drug-likeness (QED) is 0.822. The largest absolute Gasteiger partial charge is 0.508 e. The summed E-state index contributed by atoms with van der Waals surface area (Å²) in [5.74, 6) is 0.0348. The maximum atomic E-state index is 12.5. The highest BCUT2D eigenvalue weighted by atomic mass is 16.3. The molecular weight excluding hydrogens is 330 g/mol. The molecule has 0 aromatic heterocycles. The molecule has 1 aliphatic rings. The van der Waals surface area contributed by atoms with Gasteiger partial charge < -0.3 is 20.6 Å². The molecule has 2 aromatic carbocycles. The maximum absolute atomic E-state index is 12.5. The van der Waals surface area contributed by atoms with E-state index in [4.69, 9.17) is 5.73 Å². The molecule has 1 fully saturated rings. The van der Waals surface area contributed by atoms with E-state index in [-0.39, 0.29) is 17.6 Å². The Hall–Kier alpha value is -3.02. The predicted octanol–water partition coefficient (Wildman–Crippen LogP) is 1.89. The molecule has 0 bridgehead atoms. The standard InChI is InChI=1S/C20H23N3O3/c21-18-7-2-1-4-15(18)8-9-19(25)22-10-12-23(13-11-22)20(26)16-5-3-6-17(24)14-16/h1-7,14,24H,8-13,21H2. The van der Waals surface area contributed by atoms with E-state index in [0.29, 0.717) is 50.3 Å². The number of nitrogens with zero attached hydrogens (tertiary/aromatic N) is 2. The number of piperazine rings is 1. The molecule has 26 heavy (non-hydrogen) atoms. The number of nitrogen functional groups attached to an aromatic ring is 1. The minimum atomic E-state index is -0.120. The number of anilines is 1. The van der Waals surface area contributed by atoms with Crippen LogP contribution in [0.1, 0.15) is 22.3 Å². The van der Waals surface area contributed by atoms with Crippen LogP contribution in [0.25, 0.3) is 0 Å². The fourth-order valence-electron chi connectivity index (χ4n) is 3.14. The molecule has 1 saturated heterocycles. The van der Waals surface area contributed by atoms with Gasteiger partial charge in [0.25, 0.3) is 5.91 Å². The van der Waals surface area contributed by atoms with E-state index in [0.717, 1.165) is 5.56 Å². The van der Waals surface area contributed by atoms with Gasteiger partial charge >= 0.3 is 0 Å². The lowest BCUT2D eigenvalue weighted by Gasteiger charge is -2.35. The van der Waals surface area contributed by atoms with Crippen LogP contribution < -0.4 is 5.73 Å². The topological polar surface area (TPSA) is 86.9 Å². The molecule has 3 rings (SSSR count). The summed E-state index contributed by atoms with van der Waals surface area (Å²) in [5.41, 5.74) is 8.07. The van der Waals surface area contributed by atoms with Crippen molar-refractivity contribution in [3.8, 4) is 5.75 Å². The van der Waals surface area contributed by atoms with E-state index in [9.17, 15) is 14.7 Å². The van der Waals surface area contributed by atoms with Crippen molar-refractivity contribution in [3.63, 3.8) is 0 Å². The summed E-state index contributed by atoms with van der Waals surface area (Å²) < 4.78 is 0. The molecular formula is C20H23N3O3. The van der Waals surface area contributed by atoms with Crippen LogP contribution in [-0.4, -0.2) is 52.9 Å². The van der Waals surface area contributed by atoms with Gasteiger partial charge in [-0.3, -0.25) is 9.59 Å². The molecule has 6 nitrogen and oxygen atoms in total. The molecule has 1 heterocycles. The van der Waals surface area contributed by atoms with Crippen molar-refractivity contribution in [3.05, 3.63) is 59.7 Å². The van der Waals surface area contributed by atoms with Gasteiger partial charge in [-0.15, -0.1) is 0 Å². The number of rotatable bonds is 4.